The summed E-state index contributed by atoms with van der Waals surface area (Å²) < 4.78 is 2.01. The molecule has 1 aromatic rings. The van der Waals surface area contributed by atoms with Crippen LogP contribution in [0.1, 0.15) is 16.9 Å². The molecule has 2 bridgehead atoms. The van der Waals surface area contributed by atoms with E-state index in [-0.39, 0.29) is 41.2 Å². The number of hydrogen-bond acceptors (Lipinski definition) is 4. The minimum atomic E-state index is -0.562. The molecule has 5 aliphatic rings. The van der Waals surface area contributed by atoms with Crippen LogP contribution in [-0.2, 0) is 16.6 Å². The van der Waals surface area contributed by atoms with E-state index in [1.165, 1.54) is 4.68 Å². The van der Waals surface area contributed by atoms with Gasteiger partial charge in [-0.05, 0) is 46.0 Å². The Bertz CT molecular complexity index is 795. The summed E-state index contributed by atoms with van der Waals surface area (Å²) in [5, 5.41) is 4.98. The van der Waals surface area contributed by atoms with Crippen molar-refractivity contribution in [2.45, 2.75) is 6.42 Å². The molecule has 7 nitrogen and oxygen atoms in total. The van der Waals surface area contributed by atoms with Gasteiger partial charge in [-0.1, -0.05) is 12.2 Å². The zero-order chi connectivity index (χ0) is 16.7. The fourth-order valence-electron chi connectivity index (χ4n) is 4.84. The van der Waals surface area contributed by atoms with E-state index in [1.807, 2.05) is 0 Å². The molecule has 1 aliphatic heterocycles. The SMILES string of the molecule is Cn1cc(Br)c(C(=O)NN2C(=O)[C@@H]3[C@@H]4C=C[C@H]([C@@H]5C[C@H]45)[C@@H]3C2=O)n1. The third-order valence-electron chi connectivity index (χ3n) is 5.88. The summed E-state index contributed by atoms with van der Waals surface area (Å²) in [6.45, 7) is 0. The van der Waals surface area contributed by atoms with Crippen molar-refractivity contribution in [3.63, 3.8) is 0 Å². The van der Waals surface area contributed by atoms with Crippen molar-refractivity contribution in [1.29, 1.82) is 0 Å². The van der Waals surface area contributed by atoms with Crippen molar-refractivity contribution in [2.75, 3.05) is 0 Å². The number of rotatable bonds is 2. The third kappa shape index (κ3) is 1.72. The second kappa shape index (κ2) is 4.56. The maximum atomic E-state index is 12.8. The first-order valence-corrected chi connectivity index (χ1v) is 8.83. The number of amides is 3. The summed E-state index contributed by atoms with van der Waals surface area (Å²) in [5.41, 5.74) is 2.62. The average Bonchev–Trinajstić information content (AvgIpc) is 3.26. The Morgan fingerprint density at radius 3 is 2.29 bits per heavy atom. The second-order valence-electron chi connectivity index (χ2n) is 7.11. The third-order valence-corrected chi connectivity index (χ3v) is 6.46. The molecule has 0 spiro atoms. The number of allylic oxidation sites excluding steroid dienone is 2. The van der Waals surface area contributed by atoms with Gasteiger partial charge in [0.25, 0.3) is 17.7 Å². The minimum absolute atomic E-state index is 0.143. The van der Waals surface area contributed by atoms with Gasteiger partial charge >= 0.3 is 0 Å². The predicted molar refractivity (Wildman–Crippen MR) is 84.9 cm³/mol. The highest BCUT2D eigenvalue weighted by Crippen LogP contribution is 2.65. The van der Waals surface area contributed by atoms with E-state index >= 15 is 0 Å². The van der Waals surface area contributed by atoms with E-state index in [4.69, 9.17) is 0 Å². The molecule has 0 aromatic carbocycles. The Balaban J connectivity index is 1.42. The number of halogens is 1. The Morgan fingerprint density at radius 1 is 1.21 bits per heavy atom. The maximum absolute atomic E-state index is 12.8. The van der Waals surface area contributed by atoms with E-state index in [0.717, 1.165) is 11.4 Å². The lowest BCUT2D eigenvalue weighted by atomic mass is 9.63. The van der Waals surface area contributed by atoms with Crippen molar-refractivity contribution >= 4 is 33.7 Å². The number of nitrogens with one attached hydrogen (secondary N) is 1. The predicted octanol–water partition coefficient (Wildman–Crippen LogP) is 0.881. The molecule has 1 N–H and O–H groups in total. The van der Waals surface area contributed by atoms with Gasteiger partial charge in [-0.25, -0.2) is 0 Å². The van der Waals surface area contributed by atoms with Crippen LogP contribution in [0.15, 0.2) is 22.8 Å². The summed E-state index contributed by atoms with van der Waals surface area (Å²) in [5.74, 6) is -0.391. The van der Waals surface area contributed by atoms with Gasteiger partial charge < -0.3 is 0 Å². The first-order valence-electron chi connectivity index (χ1n) is 8.03. The lowest BCUT2D eigenvalue weighted by Crippen LogP contribution is -2.47. The second-order valence-corrected chi connectivity index (χ2v) is 7.96. The molecule has 1 aromatic heterocycles. The van der Waals surface area contributed by atoms with Crippen molar-refractivity contribution in [1.82, 2.24) is 20.2 Å². The standard InChI is InChI=1S/C16H15BrN4O3/c1-20-5-10(17)13(18-20)14(22)19-21-15(23)11-6-2-3-7(9-4-8(6)9)12(11)16(21)24/h2-3,5-9,11-12H,4H2,1H3,(H,19,22)/t6-,7-,8-,9+,11-,12+/m1/s1. The van der Waals surface area contributed by atoms with Crippen LogP contribution in [-0.4, -0.2) is 32.5 Å². The molecule has 24 heavy (non-hydrogen) atoms. The molecule has 1 saturated heterocycles. The van der Waals surface area contributed by atoms with Crippen LogP contribution < -0.4 is 5.43 Å². The Labute approximate surface area is 146 Å². The van der Waals surface area contributed by atoms with Crippen LogP contribution in [0.3, 0.4) is 0 Å². The maximum Gasteiger partial charge on any atom is 0.291 e. The smallest absolute Gasteiger partial charge is 0.274 e. The zero-order valence-corrected chi connectivity index (χ0v) is 14.4. The molecular formula is C16H15BrN4O3. The highest BCUT2D eigenvalue weighted by molar-refractivity contribution is 9.10. The lowest BCUT2D eigenvalue weighted by Gasteiger charge is -2.37. The van der Waals surface area contributed by atoms with E-state index < -0.39 is 5.91 Å². The fraction of sp³-hybridized carbons (Fsp3) is 0.500. The molecule has 3 fully saturated rings. The van der Waals surface area contributed by atoms with Gasteiger partial charge in [0.1, 0.15) is 0 Å². The van der Waals surface area contributed by atoms with Gasteiger partial charge in [0.05, 0.1) is 16.3 Å². The fourth-order valence-corrected chi connectivity index (χ4v) is 5.39. The number of hydrazine groups is 1. The number of aryl methyl sites for hydroxylation is 1. The highest BCUT2D eigenvalue weighted by atomic mass is 79.9. The first-order chi connectivity index (χ1) is 11.5. The molecule has 0 radical (unpaired) electrons. The molecule has 8 heteroatoms. The van der Waals surface area contributed by atoms with Crippen LogP contribution in [0, 0.1) is 35.5 Å². The number of aromatic nitrogens is 2. The molecule has 4 aliphatic carbocycles. The number of carbonyl (C=O) groups is 3. The molecular weight excluding hydrogens is 376 g/mol. The number of carbonyl (C=O) groups excluding carboxylic acids is 3. The topological polar surface area (TPSA) is 84.3 Å². The van der Waals surface area contributed by atoms with Crippen LogP contribution >= 0.6 is 15.9 Å². The van der Waals surface area contributed by atoms with Crippen molar-refractivity contribution in [3.8, 4) is 0 Å². The Hall–Kier alpha value is -1.96. The molecule has 6 rings (SSSR count). The molecule has 124 valence electrons. The average molecular weight is 391 g/mol. The Kier molecular flexibility index (Phi) is 2.73. The zero-order valence-electron chi connectivity index (χ0n) is 12.8. The number of nitrogens with zero attached hydrogens (tertiary/aromatic N) is 3. The summed E-state index contributed by atoms with van der Waals surface area (Å²) in [7, 11) is 1.69. The van der Waals surface area contributed by atoms with Gasteiger partial charge in [0, 0.05) is 13.2 Å². The monoisotopic (exact) mass is 390 g/mol. The largest absolute Gasteiger partial charge is 0.291 e. The summed E-state index contributed by atoms with van der Waals surface area (Å²) in [4.78, 5) is 38.0. The van der Waals surface area contributed by atoms with Crippen molar-refractivity contribution in [3.05, 3.63) is 28.5 Å². The van der Waals surface area contributed by atoms with Gasteiger partial charge in [-0.3, -0.25) is 24.5 Å². The van der Waals surface area contributed by atoms with Gasteiger partial charge in [0.2, 0.25) is 0 Å². The molecule has 2 heterocycles. The number of imide groups is 1. The number of hydrogen-bond donors (Lipinski definition) is 1. The molecule has 6 atom stereocenters. The van der Waals surface area contributed by atoms with E-state index in [1.54, 1.807) is 13.2 Å². The van der Waals surface area contributed by atoms with Gasteiger partial charge in [0.15, 0.2) is 5.69 Å². The van der Waals surface area contributed by atoms with Crippen LogP contribution in [0.5, 0.6) is 0 Å². The van der Waals surface area contributed by atoms with E-state index in [2.05, 4.69) is 38.6 Å². The summed E-state index contributed by atoms with van der Waals surface area (Å²) >= 11 is 3.26. The molecule has 0 unspecified atom stereocenters. The normalized spacial score (nSPS) is 38.3. The first kappa shape index (κ1) is 14.4. The van der Waals surface area contributed by atoms with Gasteiger partial charge in [-0.15, -0.1) is 0 Å². The van der Waals surface area contributed by atoms with Crippen molar-refractivity contribution in [2.24, 2.45) is 42.6 Å². The van der Waals surface area contributed by atoms with Crippen molar-refractivity contribution < 1.29 is 14.4 Å². The minimum Gasteiger partial charge on any atom is -0.274 e. The van der Waals surface area contributed by atoms with Crippen LogP contribution in [0.2, 0.25) is 0 Å². The van der Waals surface area contributed by atoms with Crippen LogP contribution in [0.4, 0.5) is 0 Å². The molecule has 3 amide bonds. The summed E-state index contributed by atoms with van der Waals surface area (Å²) in [6.07, 6.45) is 6.96. The van der Waals surface area contributed by atoms with E-state index in [9.17, 15) is 14.4 Å². The highest BCUT2D eigenvalue weighted by Gasteiger charge is 2.67. The molecule has 2 saturated carbocycles. The lowest BCUT2D eigenvalue weighted by molar-refractivity contribution is -0.143. The van der Waals surface area contributed by atoms with E-state index in [0.29, 0.717) is 16.3 Å². The van der Waals surface area contributed by atoms with Gasteiger partial charge in [-0.2, -0.15) is 10.1 Å². The quantitative estimate of drug-likeness (QED) is 0.599. The summed E-state index contributed by atoms with van der Waals surface area (Å²) in [6, 6.07) is 0. The Morgan fingerprint density at radius 2 is 1.79 bits per heavy atom. The van der Waals surface area contributed by atoms with Crippen LogP contribution in [0.25, 0.3) is 0 Å².